The van der Waals surface area contributed by atoms with Crippen LogP contribution in [-0.2, 0) is 22.6 Å². The molecule has 35 heavy (non-hydrogen) atoms. The van der Waals surface area contributed by atoms with E-state index in [-0.39, 0.29) is 17.9 Å². The van der Waals surface area contributed by atoms with Crippen molar-refractivity contribution in [2.45, 2.75) is 45.7 Å². The van der Waals surface area contributed by atoms with Crippen molar-refractivity contribution < 1.29 is 14.4 Å². The van der Waals surface area contributed by atoms with Crippen LogP contribution in [0.4, 0.5) is 10.5 Å². The number of para-hydroxylation sites is 1. The van der Waals surface area contributed by atoms with E-state index < -0.39 is 11.4 Å². The first kappa shape index (κ1) is 23.5. The first-order chi connectivity index (χ1) is 17.0. The number of piperazine rings is 1. The van der Waals surface area contributed by atoms with Crippen LogP contribution in [0.5, 0.6) is 0 Å². The summed E-state index contributed by atoms with van der Waals surface area (Å²) in [6.45, 7) is 7.50. The summed E-state index contributed by atoms with van der Waals surface area (Å²) in [4.78, 5) is 49.0. The lowest BCUT2D eigenvalue weighted by Crippen LogP contribution is -2.75. The summed E-state index contributed by atoms with van der Waals surface area (Å²) >= 11 is 0. The molecule has 0 N–H and O–H groups in total. The molecule has 5 rings (SSSR count). The summed E-state index contributed by atoms with van der Waals surface area (Å²) in [7, 11) is 0. The fourth-order valence-corrected chi connectivity index (χ4v) is 6.06. The molecule has 1 spiro atoms. The number of amides is 4. The number of fused-ring (bicyclic) bond motifs is 4. The summed E-state index contributed by atoms with van der Waals surface area (Å²) in [6, 6.07) is 17.6. The Morgan fingerprint density at radius 2 is 1.46 bits per heavy atom. The van der Waals surface area contributed by atoms with Crippen molar-refractivity contribution >= 4 is 23.5 Å². The van der Waals surface area contributed by atoms with E-state index in [0.717, 1.165) is 30.9 Å². The van der Waals surface area contributed by atoms with Gasteiger partial charge >= 0.3 is 6.03 Å². The molecular weight excluding hydrogens is 440 g/mol. The fraction of sp³-hybridized carbons (Fsp3) is 0.464. The normalized spacial score (nSPS) is 21.9. The van der Waals surface area contributed by atoms with Gasteiger partial charge in [-0.2, -0.15) is 0 Å². The Labute approximate surface area is 207 Å². The van der Waals surface area contributed by atoms with Gasteiger partial charge in [0.2, 0.25) is 11.8 Å². The molecule has 1 atom stereocenters. The van der Waals surface area contributed by atoms with Crippen molar-refractivity contribution in [2.24, 2.45) is 5.41 Å². The van der Waals surface area contributed by atoms with Crippen molar-refractivity contribution in [1.82, 2.24) is 14.7 Å². The molecule has 0 unspecified atom stereocenters. The zero-order valence-corrected chi connectivity index (χ0v) is 20.7. The maximum Gasteiger partial charge on any atom is 0.333 e. The molecule has 2 saturated heterocycles. The molecule has 3 aliphatic heterocycles. The lowest BCUT2D eigenvalue weighted by molar-refractivity contribution is -0.162. The van der Waals surface area contributed by atoms with Crippen molar-refractivity contribution in [1.29, 1.82) is 0 Å². The first-order valence-electron chi connectivity index (χ1n) is 12.8. The van der Waals surface area contributed by atoms with E-state index in [1.807, 2.05) is 50.2 Å². The number of benzene rings is 2. The smallest absolute Gasteiger partial charge is 0.333 e. The lowest BCUT2D eigenvalue weighted by atomic mass is 9.67. The van der Waals surface area contributed by atoms with Gasteiger partial charge in [-0.3, -0.25) is 24.3 Å². The first-order valence-corrected chi connectivity index (χ1v) is 12.8. The number of urea groups is 1. The Morgan fingerprint density at radius 1 is 0.829 bits per heavy atom. The highest BCUT2D eigenvalue weighted by atomic mass is 16.2. The fourth-order valence-electron chi connectivity index (χ4n) is 6.06. The average Bonchev–Trinajstić information content (AvgIpc) is 2.88. The summed E-state index contributed by atoms with van der Waals surface area (Å²) < 4.78 is 0. The minimum absolute atomic E-state index is 0.326. The van der Waals surface area contributed by atoms with E-state index in [0.29, 0.717) is 38.9 Å². The second kappa shape index (κ2) is 9.46. The van der Waals surface area contributed by atoms with Gasteiger partial charge in [-0.05, 0) is 36.5 Å². The lowest BCUT2D eigenvalue weighted by Gasteiger charge is -2.56. The molecule has 184 valence electrons. The molecule has 2 fully saturated rings. The Hall–Kier alpha value is -3.19. The molecule has 0 saturated carbocycles. The van der Waals surface area contributed by atoms with E-state index >= 15 is 0 Å². The van der Waals surface area contributed by atoms with E-state index in [1.54, 1.807) is 0 Å². The number of barbiturate groups is 1. The van der Waals surface area contributed by atoms with Gasteiger partial charge in [0.05, 0.1) is 6.04 Å². The SMILES string of the molecule is CCCN1C(=O)N(CCC)C(=O)C2(Cc3ccccc3N3CCN(Cc4ccccc4)C[C@@H]32)C1=O. The number of nitrogens with zero attached hydrogens (tertiary/aromatic N) is 4. The van der Waals surface area contributed by atoms with Crippen LogP contribution in [-0.4, -0.2) is 71.3 Å². The number of hydrogen-bond acceptors (Lipinski definition) is 5. The molecule has 3 heterocycles. The van der Waals surface area contributed by atoms with Crippen LogP contribution in [0.25, 0.3) is 0 Å². The van der Waals surface area contributed by atoms with Crippen molar-refractivity contribution in [3.63, 3.8) is 0 Å². The molecule has 0 bridgehead atoms. The highest BCUT2D eigenvalue weighted by molar-refractivity contribution is 6.20. The maximum atomic E-state index is 14.2. The maximum absolute atomic E-state index is 14.2. The molecule has 7 nitrogen and oxygen atoms in total. The zero-order chi connectivity index (χ0) is 24.6. The molecular formula is C28H34N4O3. The number of imide groups is 2. The monoisotopic (exact) mass is 474 g/mol. The second-order valence-corrected chi connectivity index (χ2v) is 9.90. The van der Waals surface area contributed by atoms with Crippen molar-refractivity contribution in [2.75, 3.05) is 37.6 Å². The van der Waals surface area contributed by atoms with Gasteiger partial charge in [0.25, 0.3) is 0 Å². The van der Waals surface area contributed by atoms with Crippen LogP contribution < -0.4 is 4.90 Å². The molecule has 3 aliphatic rings. The topological polar surface area (TPSA) is 64.2 Å². The van der Waals surface area contributed by atoms with E-state index in [9.17, 15) is 14.4 Å². The van der Waals surface area contributed by atoms with Crippen LogP contribution in [0, 0.1) is 5.41 Å². The number of hydrogen-bond donors (Lipinski definition) is 0. The predicted molar refractivity (Wildman–Crippen MR) is 135 cm³/mol. The molecule has 0 aliphatic carbocycles. The molecule has 7 heteroatoms. The van der Waals surface area contributed by atoms with Crippen molar-refractivity contribution in [3.8, 4) is 0 Å². The van der Waals surface area contributed by atoms with Gasteiger partial charge in [-0.15, -0.1) is 0 Å². The standard InChI is InChI=1S/C28H34N4O3/c1-3-14-31-25(33)28(26(34)32(15-4-2)27(31)35)18-22-12-8-9-13-23(22)30-17-16-29(20-24(28)30)19-21-10-6-5-7-11-21/h5-13,24H,3-4,14-20H2,1-2H3/t24-/m1/s1. The second-order valence-electron chi connectivity index (χ2n) is 9.90. The van der Waals surface area contributed by atoms with Crippen molar-refractivity contribution in [3.05, 3.63) is 65.7 Å². The molecule has 2 aromatic carbocycles. The highest BCUT2D eigenvalue weighted by Crippen LogP contribution is 2.47. The van der Waals surface area contributed by atoms with Crippen LogP contribution in [0.15, 0.2) is 54.6 Å². The minimum Gasteiger partial charge on any atom is -0.364 e. The minimum atomic E-state index is -1.30. The van der Waals surface area contributed by atoms with E-state index in [1.165, 1.54) is 15.4 Å². The summed E-state index contributed by atoms with van der Waals surface area (Å²) in [5, 5.41) is 0. The number of rotatable bonds is 6. The molecule has 2 aromatic rings. The van der Waals surface area contributed by atoms with E-state index in [2.05, 4.69) is 28.0 Å². The number of anilines is 1. The third-order valence-electron chi connectivity index (χ3n) is 7.66. The number of carbonyl (C=O) groups excluding carboxylic acids is 3. The third kappa shape index (κ3) is 3.82. The Kier molecular flexibility index (Phi) is 6.36. The largest absolute Gasteiger partial charge is 0.364 e. The van der Waals surface area contributed by atoms with Crippen LogP contribution in [0.2, 0.25) is 0 Å². The van der Waals surface area contributed by atoms with Crippen LogP contribution >= 0.6 is 0 Å². The average molecular weight is 475 g/mol. The van der Waals surface area contributed by atoms with Gasteiger partial charge in [-0.25, -0.2) is 4.79 Å². The Morgan fingerprint density at radius 3 is 2.11 bits per heavy atom. The van der Waals surface area contributed by atoms with Gasteiger partial charge in [0.15, 0.2) is 5.41 Å². The summed E-state index contributed by atoms with van der Waals surface area (Å²) in [5.41, 5.74) is 2.01. The Balaban J connectivity index is 1.59. The quantitative estimate of drug-likeness (QED) is 0.600. The van der Waals surface area contributed by atoms with E-state index in [4.69, 9.17) is 0 Å². The van der Waals surface area contributed by atoms with Crippen LogP contribution in [0.3, 0.4) is 0 Å². The molecule has 0 radical (unpaired) electrons. The van der Waals surface area contributed by atoms with Crippen LogP contribution in [0.1, 0.15) is 37.8 Å². The molecule has 4 amide bonds. The van der Waals surface area contributed by atoms with Gasteiger partial charge in [-0.1, -0.05) is 62.4 Å². The zero-order valence-electron chi connectivity index (χ0n) is 20.7. The molecule has 0 aromatic heterocycles. The third-order valence-corrected chi connectivity index (χ3v) is 7.66. The van der Waals surface area contributed by atoms with Gasteiger partial charge in [0, 0.05) is 45.0 Å². The summed E-state index contributed by atoms with van der Waals surface area (Å²) in [6.07, 6.45) is 1.65. The van der Waals surface area contributed by atoms with Gasteiger partial charge < -0.3 is 4.90 Å². The summed E-state index contributed by atoms with van der Waals surface area (Å²) in [5.74, 6) is -0.652. The predicted octanol–water partition coefficient (Wildman–Crippen LogP) is 3.53. The van der Waals surface area contributed by atoms with Gasteiger partial charge in [0.1, 0.15) is 0 Å². The highest BCUT2D eigenvalue weighted by Gasteiger charge is 2.64. The number of carbonyl (C=O) groups is 3. The Bertz CT molecular complexity index is 1090.